The average Bonchev–Trinajstić information content (AvgIpc) is 2.77. The number of nitrogens with one attached hydrogen (secondary N) is 1. The maximum Gasteiger partial charge on any atom is 0.255 e. The molecule has 2 aromatic carbocycles. The number of carbonyl (C=O) groups is 2. The lowest BCUT2D eigenvalue weighted by Gasteiger charge is -2.31. The number of nitrogens with zero attached hydrogens (tertiary/aromatic N) is 2. The van der Waals surface area contributed by atoms with Gasteiger partial charge in [0.15, 0.2) is 0 Å². The Kier molecular flexibility index (Phi) is 7.57. The molecule has 1 heterocycles. The summed E-state index contributed by atoms with van der Waals surface area (Å²) in [6.07, 6.45) is 1.53. The van der Waals surface area contributed by atoms with Crippen LogP contribution in [0.2, 0.25) is 0 Å². The van der Waals surface area contributed by atoms with Crippen molar-refractivity contribution in [2.45, 2.75) is 33.2 Å². The lowest BCUT2D eigenvalue weighted by atomic mass is 9.95. The molecule has 0 saturated carbocycles. The third-order valence-electron chi connectivity index (χ3n) is 5.74. The number of para-hydroxylation sites is 1. The highest BCUT2D eigenvalue weighted by Gasteiger charge is 2.26. The highest BCUT2D eigenvalue weighted by atomic mass is 19.1. The van der Waals surface area contributed by atoms with E-state index in [1.807, 2.05) is 26.0 Å². The molecule has 2 aromatic rings. The van der Waals surface area contributed by atoms with Crippen LogP contribution in [0.3, 0.4) is 0 Å². The van der Waals surface area contributed by atoms with Gasteiger partial charge >= 0.3 is 0 Å². The summed E-state index contributed by atoms with van der Waals surface area (Å²) in [6, 6.07) is 13.8. The highest BCUT2D eigenvalue weighted by Crippen LogP contribution is 2.23. The van der Waals surface area contributed by atoms with E-state index in [4.69, 9.17) is 0 Å². The zero-order valence-electron chi connectivity index (χ0n) is 17.7. The molecule has 0 bridgehead atoms. The first kappa shape index (κ1) is 22.0. The van der Waals surface area contributed by atoms with Gasteiger partial charge in [-0.2, -0.15) is 0 Å². The number of rotatable bonds is 7. The maximum absolute atomic E-state index is 13.1. The van der Waals surface area contributed by atoms with Gasteiger partial charge in [-0.25, -0.2) is 4.39 Å². The first-order valence-corrected chi connectivity index (χ1v) is 10.7. The topological polar surface area (TPSA) is 52.7 Å². The van der Waals surface area contributed by atoms with Crippen LogP contribution in [0.15, 0.2) is 48.5 Å². The second kappa shape index (κ2) is 10.3. The fraction of sp³-hybridized carbons (Fsp3) is 0.417. The summed E-state index contributed by atoms with van der Waals surface area (Å²) >= 11 is 0. The van der Waals surface area contributed by atoms with Crippen LogP contribution in [0.5, 0.6) is 0 Å². The lowest BCUT2D eigenvalue weighted by molar-refractivity contribution is -0.121. The van der Waals surface area contributed by atoms with Gasteiger partial charge in [-0.3, -0.25) is 14.5 Å². The summed E-state index contributed by atoms with van der Waals surface area (Å²) in [7, 11) is 0. The molecule has 0 aromatic heterocycles. The Morgan fingerprint density at radius 1 is 1.03 bits per heavy atom. The molecule has 6 heteroatoms. The molecular formula is C24H30FN3O2. The van der Waals surface area contributed by atoms with Gasteiger partial charge in [-0.05, 0) is 69.6 Å². The Morgan fingerprint density at radius 3 is 2.30 bits per heavy atom. The number of halogens is 1. The van der Waals surface area contributed by atoms with Crippen LogP contribution < -0.4 is 5.32 Å². The summed E-state index contributed by atoms with van der Waals surface area (Å²) < 4.78 is 13.1. The van der Waals surface area contributed by atoms with E-state index in [9.17, 15) is 14.0 Å². The minimum absolute atomic E-state index is 0.0313. The summed E-state index contributed by atoms with van der Waals surface area (Å²) in [5.74, 6) is -0.402. The predicted octanol–water partition coefficient (Wildman–Crippen LogP) is 4.16. The summed E-state index contributed by atoms with van der Waals surface area (Å²) in [5, 5.41) is 2.99. The molecule has 2 amide bonds. The normalized spacial score (nSPS) is 15.0. The second-order valence-corrected chi connectivity index (χ2v) is 7.69. The molecular weight excluding hydrogens is 381 g/mol. The molecule has 3 rings (SSSR count). The van der Waals surface area contributed by atoms with Crippen molar-refractivity contribution in [2.75, 3.05) is 31.5 Å². The van der Waals surface area contributed by atoms with E-state index >= 15 is 0 Å². The molecule has 0 radical (unpaired) electrons. The van der Waals surface area contributed by atoms with Gasteiger partial charge < -0.3 is 10.2 Å². The van der Waals surface area contributed by atoms with Crippen molar-refractivity contribution in [3.05, 3.63) is 65.5 Å². The van der Waals surface area contributed by atoms with Gasteiger partial charge in [0.2, 0.25) is 5.91 Å². The van der Waals surface area contributed by atoms with Crippen LogP contribution in [-0.4, -0.2) is 47.8 Å². The molecule has 1 saturated heterocycles. The van der Waals surface area contributed by atoms with Gasteiger partial charge in [-0.1, -0.05) is 24.3 Å². The Labute approximate surface area is 177 Å². The number of carbonyl (C=O) groups excluding carboxylic acids is 2. The maximum atomic E-state index is 13.1. The largest absolute Gasteiger partial charge is 0.339 e. The Balaban J connectivity index is 1.57. The van der Waals surface area contributed by atoms with E-state index < -0.39 is 0 Å². The Bertz CT molecular complexity index is 857. The molecule has 1 fully saturated rings. The number of hydrogen-bond acceptors (Lipinski definition) is 3. The molecule has 5 nitrogen and oxygen atoms in total. The third kappa shape index (κ3) is 5.45. The van der Waals surface area contributed by atoms with E-state index in [-0.39, 0.29) is 23.5 Å². The van der Waals surface area contributed by atoms with Crippen molar-refractivity contribution in [2.24, 2.45) is 5.92 Å². The van der Waals surface area contributed by atoms with Crippen LogP contribution >= 0.6 is 0 Å². The monoisotopic (exact) mass is 411 g/mol. The van der Waals surface area contributed by atoms with Gasteiger partial charge in [-0.15, -0.1) is 0 Å². The molecule has 160 valence electrons. The Hall–Kier alpha value is -2.73. The van der Waals surface area contributed by atoms with Crippen molar-refractivity contribution in [3.8, 4) is 0 Å². The molecule has 30 heavy (non-hydrogen) atoms. The minimum atomic E-state index is -0.228. The van der Waals surface area contributed by atoms with E-state index in [1.165, 1.54) is 12.1 Å². The first-order valence-electron chi connectivity index (χ1n) is 10.7. The zero-order chi connectivity index (χ0) is 21.5. The summed E-state index contributed by atoms with van der Waals surface area (Å²) in [6.45, 7) is 7.54. The number of piperidine rings is 1. The fourth-order valence-electron chi connectivity index (χ4n) is 3.90. The fourth-order valence-corrected chi connectivity index (χ4v) is 3.90. The molecule has 0 unspecified atom stereocenters. The van der Waals surface area contributed by atoms with Crippen molar-refractivity contribution in [1.29, 1.82) is 0 Å². The van der Waals surface area contributed by atoms with Gasteiger partial charge in [0.05, 0.1) is 11.3 Å². The van der Waals surface area contributed by atoms with Crippen molar-refractivity contribution in [1.82, 2.24) is 9.80 Å². The zero-order valence-corrected chi connectivity index (χ0v) is 17.7. The predicted molar refractivity (Wildman–Crippen MR) is 117 cm³/mol. The van der Waals surface area contributed by atoms with E-state index in [0.29, 0.717) is 24.3 Å². The summed E-state index contributed by atoms with van der Waals surface area (Å²) in [4.78, 5) is 29.7. The number of anilines is 1. The standard InChI is InChI=1S/C24H30FN3O2/c1-3-28(4-2)24(30)21-7-5-6-8-22(21)26-23(29)19-13-15-27(16-14-19)17-18-9-11-20(25)12-10-18/h5-12,19H,3-4,13-17H2,1-2H3,(H,26,29). The van der Waals surface area contributed by atoms with Crippen molar-refractivity contribution >= 4 is 17.5 Å². The third-order valence-corrected chi connectivity index (χ3v) is 5.74. The van der Waals surface area contributed by atoms with Crippen LogP contribution in [0.4, 0.5) is 10.1 Å². The molecule has 0 aliphatic carbocycles. The number of hydrogen-bond donors (Lipinski definition) is 1. The molecule has 1 aliphatic heterocycles. The van der Waals surface area contributed by atoms with Crippen LogP contribution in [0.25, 0.3) is 0 Å². The lowest BCUT2D eigenvalue weighted by Crippen LogP contribution is -2.38. The highest BCUT2D eigenvalue weighted by molar-refractivity contribution is 6.04. The SMILES string of the molecule is CCN(CC)C(=O)c1ccccc1NC(=O)C1CCN(Cc2ccc(F)cc2)CC1. The smallest absolute Gasteiger partial charge is 0.255 e. The average molecular weight is 412 g/mol. The van der Waals surface area contributed by atoms with E-state index in [1.54, 1.807) is 29.2 Å². The quantitative estimate of drug-likeness (QED) is 0.744. The van der Waals surface area contributed by atoms with Gasteiger partial charge in [0.25, 0.3) is 5.91 Å². The molecule has 0 atom stereocenters. The molecule has 1 aliphatic rings. The number of likely N-dealkylation sites (tertiary alicyclic amines) is 1. The second-order valence-electron chi connectivity index (χ2n) is 7.69. The molecule has 1 N–H and O–H groups in total. The first-order chi connectivity index (χ1) is 14.5. The number of amides is 2. The summed E-state index contributed by atoms with van der Waals surface area (Å²) in [5.41, 5.74) is 2.18. The van der Waals surface area contributed by atoms with Crippen molar-refractivity contribution < 1.29 is 14.0 Å². The van der Waals surface area contributed by atoms with Crippen LogP contribution in [0, 0.1) is 11.7 Å². The van der Waals surface area contributed by atoms with Gasteiger partial charge in [0, 0.05) is 25.6 Å². The number of benzene rings is 2. The van der Waals surface area contributed by atoms with E-state index in [2.05, 4.69) is 10.2 Å². The minimum Gasteiger partial charge on any atom is -0.339 e. The van der Waals surface area contributed by atoms with Crippen LogP contribution in [0.1, 0.15) is 42.6 Å². The van der Waals surface area contributed by atoms with Gasteiger partial charge in [0.1, 0.15) is 5.82 Å². The van der Waals surface area contributed by atoms with E-state index in [0.717, 1.165) is 38.0 Å². The Morgan fingerprint density at radius 2 is 1.67 bits per heavy atom. The molecule has 0 spiro atoms. The van der Waals surface area contributed by atoms with Crippen LogP contribution in [-0.2, 0) is 11.3 Å². The van der Waals surface area contributed by atoms with Crippen molar-refractivity contribution in [3.63, 3.8) is 0 Å².